The molecule has 0 atom stereocenters. The fraction of sp³-hybridized carbons (Fsp3) is 0.326. The number of pyridine rings is 1. The molecule has 1 aliphatic carbocycles. The third kappa shape index (κ3) is 7.57. The summed E-state index contributed by atoms with van der Waals surface area (Å²) in [6.45, 7) is 8.51. The molecule has 2 heterocycles. The number of hydrogen-bond acceptors (Lipinski definition) is 8. The van der Waals surface area contributed by atoms with Crippen LogP contribution in [-0.4, -0.2) is 59.6 Å². The maximum Gasteiger partial charge on any atom is 0.410 e. The van der Waals surface area contributed by atoms with Crippen molar-refractivity contribution in [3.8, 4) is 28.5 Å². The van der Waals surface area contributed by atoms with Crippen molar-refractivity contribution < 1.29 is 33.3 Å². The van der Waals surface area contributed by atoms with Gasteiger partial charge in [0.15, 0.2) is 5.56 Å². The van der Waals surface area contributed by atoms with Crippen molar-refractivity contribution >= 4 is 29.0 Å². The normalized spacial score (nSPS) is 12.1. The fourth-order valence-electron chi connectivity index (χ4n) is 6.81. The highest BCUT2D eigenvalue weighted by Gasteiger charge is 2.31. The summed E-state index contributed by atoms with van der Waals surface area (Å²) in [6.07, 6.45) is 4.04. The minimum atomic E-state index is -0.789. The molecule has 1 amide bonds. The van der Waals surface area contributed by atoms with Crippen LogP contribution in [0.15, 0.2) is 77.6 Å². The number of esters is 1. The Labute approximate surface area is 315 Å². The maximum atomic E-state index is 14.8. The van der Waals surface area contributed by atoms with Crippen LogP contribution in [0.4, 0.5) is 4.79 Å². The average molecular weight is 734 g/mol. The van der Waals surface area contributed by atoms with Crippen molar-refractivity contribution in [2.75, 3.05) is 27.9 Å². The van der Waals surface area contributed by atoms with E-state index in [4.69, 9.17) is 23.7 Å². The van der Waals surface area contributed by atoms with Gasteiger partial charge in [-0.3, -0.25) is 4.79 Å². The Kier molecular flexibility index (Phi) is 10.9. The lowest BCUT2D eigenvalue weighted by Crippen LogP contribution is -2.36. The predicted octanol–water partition coefficient (Wildman–Crippen LogP) is 7.76. The van der Waals surface area contributed by atoms with Crippen LogP contribution in [0.2, 0.25) is 0 Å². The average Bonchev–Trinajstić information content (AvgIpc) is 3.33. The highest BCUT2D eigenvalue weighted by Crippen LogP contribution is 2.41. The number of hydrogen-bond donors (Lipinski definition) is 0. The topological polar surface area (TPSA) is 110 Å². The zero-order valence-electron chi connectivity index (χ0n) is 32.1. The molecule has 0 unspecified atom stereocenters. The molecule has 1 aliphatic rings. The van der Waals surface area contributed by atoms with Crippen molar-refractivity contribution in [1.29, 1.82) is 0 Å². The zero-order valence-corrected chi connectivity index (χ0v) is 32.1. The van der Waals surface area contributed by atoms with E-state index in [1.807, 2.05) is 89.4 Å². The zero-order chi connectivity index (χ0) is 38.7. The minimum absolute atomic E-state index is 0.0795. The van der Waals surface area contributed by atoms with E-state index in [0.29, 0.717) is 47.8 Å². The molecule has 0 N–H and O–H groups in total. The number of ether oxygens (including phenoxy) is 5. The number of carbonyl (C=O) groups is 2. The monoisotopic (exact) mass is 733 g/mol. The van der Waals surface area contributed by atoms with E-state index in [2.05, 4.69) is 22.8 Å². The quantitative estimate of drug-likeness (QED) is 0.127. The summed E-state index contributed by atoms with van der Waals surface area (Å²) in [6, 6.07) is 21.2. The van der Waals surface area contributed by atoms with E-state index in [1.54, 1.807) is 29.8 Å². The number of fused-ring (bicyclic) bond motifs is 4. The summed E-state index contributed by atoms with van der Waals surface area (Å²) in [4.78, 5) is 43.1. The van der Waals surface area contributed by atoms with Crippen molar-refractivity contribution in [3.05, 3.63) is 117 Å². The smallest absolute Gasteiger partial charge is 0.410 e. The predicted molar refractivity (Wildman–Crippen MR) is 208 cm³/mol. The van der Waals surface area contributed by atoms with Crippen LogP contribution in [0.5, 0.6) is 17.2 Å². The van der Waals surface area contributed by atoms with Crippen molar-refractivity contribution in [1.82, 2.24) is 14.0 Å². The van der Waals surface area contributed by atoms with Crippen LogP contribution in [0, 0.1) is 0 Å². The highest BCUT2D eigenvalue weighted by molar-refractivity contribution is 5.96. The summed E-state index contributed by atoms with van der Waals surface area (Å²) >= 11 is 0. The Morgan fingerprint density at radius 3 is 2.37 bits per heavy atom. The number of rotatable bonds is 11. The third-order valence-electron chi connectivity index (χ3n) is 9.53. The third-order valence-corrected chi connectivity index (χ3v) is 9.53. The second kappa shape index (κ2) is 15.6. The van der Waals surface area contributed by atoms with Gasteiger partial charge in [0.2, 0.25) is 0 Å². The molecule has 54 heavy (non-hydrogen) atoms. The Morgan fingerprint density at radius 2 is 1.70 bits per heavy atom. The van der Waals surface area contributed by atoms with Crippen LogP contribution in [0.25, 0.3) is 28.2 Å². The lowest BCUT2D eigenvalue weighted by molar-refractivity contribution is 0.0241. The number of methoxy groups -OCH3 is 3. The first-order valence-electron chi connectivity index (χ1n) is 17.9. The van der Waals surface area contributed by atoms with Gasteiger partial charge in [-0.05, 0) is 75.6 Å². The molecule has 0 radical (unpaired) electrons. The Bertz CT molecular complexity index is 2300. The molecular formula is C43H47N3O8. The number of amides is 1. The molecule has 5 aromatic rings. The summed E-state index contributed by atoms with van der Waals surface area (Å²) in [5.74, 6) is 0.528. The molecule has 0 spiro atoms. The van der Waals surface area contributed by atoms with E-state index >= 15 is 0 Å². The molecular weight excluding hydrogens is 686 g/mol. The molecule has 0 aliphatic heterocycles. The van der Waals surface area contributed by atoms with Gasteiger partial charge in [0, 0.05) is 52.9 Å². The van der Waals surface area contributed by atoms with Gasteiger partial charge in [-0.15, -0.1) is 0 Å². The summed E-state index contributed by atoms with van der Waals surface area (Å²) in [7, 11) is 6.37. The number of aromatic nitrogens is 2. The van der Waals surface area contributed by atoms with E-state index in [0.717, 1.165) is 33.3 Å². The second-order valence-corrected chi connectivity index (χ2v) is 14.2. The van der Waals surface area contributed by atoms with Crippen molar-refractivity contribution in [2.45, 2.75) is 59.4 Å². The van der Waals surface area contributed by atoms with Crippen LogP contribution in [-0.2, 0) is 42.6 Å². The Morgan fingerprint density at radius 1 is 0.944 bits per heavy atom. The van der Waals surface area contributed by atoms with E-state index < -0.39 is 17.1 Å². The van der Waals surface area contributed by atoms with Gasteiger partial charge in [-0.1, -0.05) is 42.5 Å². The van der Waals surface area contributed by atoms with Crippen LogP contribution >= 0.6 is 0 Å². The molecule has 0 saturated heterocycles. The van der Waals surface area contributed by atoms with Crippen LogP contribution in [0.3, 0.4) is 0 Å². The van der Waals surface area contributed by atoms with Gasteiger partial charge in [-0.25, -0.2) is 9.59 Å². The fourth-order valence-corrected chi connectivity index (χ4v) is 6.81. The van der Waals surface area contributed by atoms with Gasteiger partial charge >= 0.3 is 12.1 Å². The van der Waals surface area contributed by atoms with Crippen molar-refractivity contribution in [2.24, 2.45) is 7.05 Å². The molecule has 3 aromatic carbocycles. The molecule has 11 nitrogen and oxygen atoms in total. The van der Waals surface area contributed by atoms with Gasteiger partial charge < -0.3 is 37.7 Å². The Hall–Kier alpha value is -5.97. The number of carbonyl (C=O) groups excluding carboxylic acids is 2. The standard InChI is InChI=1S/C43H47N3O8/c1-9-45(42(49)54-43(2,3)4)25-31-20-30-21-34-28(22-35(30)44(31)5)16-13-17-33-38(34)46(24-29-18-19-32(50-6)23-36(29)51-7)40(47)37(41(48)52-8)39(33)53-26-27-14-11-10-12-15-27/h10-16,18-23H,9,17,24-26H2,1-8H3. The lowest BCUT2D eigenvalue weighted by Gasteiger charge is -2.26. The first kappa shape index (κ1) is 37.8. The number of allylic oxidation sites excluding steroid dienone is 1. The van der Waals surface area contributed by atoms with Gasteiger partial charge in [-0.2, -0.15) is 0 Å². The van der Waals surface area contributed by atoms with Gasteiger partial charge in [0.1, 0.15) is 29.5 Å². The van der Waals surface area contributed by atoms with Gasteiger partial charge in [0.25, 0.3) is 5.56 Å². The summed E-state index contributed by atoms with van der Waals surface area (Å²) in [5, 5.41) is 0.914. The lowest BCUT2D eigenvalue weighted by atomic mass is 9.96. The first-order valence-corrected chi connectivity index (χ1v) is 17.9. The minimum Gasteiger partial charge on any atom is -0.497 e. The number of benzene rings is 3. The molecule has 282 valence electrons. The van der Waals surface area contributed by atoms with E-state index in [-0.39, 0.29) is 30.6 Å². The molecule has 2 aromatic heterocycles. The molecule has 0 saturated carbocycles. The first-order chi connectivity index (χ1) is 25.9. The SMILES string of the molecule is CCN(Cc1cc2cc3c(cc2n1C)C=CCc1c(OCc2ccccc2)c(C(=O)OC)c(=O)n(Cc2ccc(OC)cc2OC)c1-3)C(=O)OC(C)(C)C. The second-order valence-electron chi connectivity index (χ2n) is 14.2. The molecule has 11 heteroatoms. The molecule has 0 fully saturated rings. The van der Waals surface area contributed by atoms with Gasteiger partial charge in [0.05, 0.1) is 40.1 Å². The van der Waals surface area contributed by atoms with E-state index in [1.165, 1.54) is 7.11 Å². The highest BCUT2D eigenvalue weighted by atomic mass is 16.6. The van der Waals surface area contributed by atoms with Crippen LogP contribution in [0.1, 0.15) is 66.0 Å². The van der Waals surface area contributed by atoms with Crippen molar-refractivity contribution in [3.63, 3.8) is 0 Å². The van der Waals surface area contributed by atoms with E-state index in [9.17, 15) is 14.4 Å². The number of aryl methyl sites for hydroxylation is 1. The summed E-state index contributed by atoms with van der Waals surface area (Å²) < 4.78 is 32.2. The summed E-state index contributed by atoms with van der Waals surface area (Å²) in [5.41, 5.74) is 5.05. The largest absolute Gasteiger partial charge is 0.497 e. The number of nitrogens with zero attached hydrogens (tertiary/aromatic N) is 3. The molecule has 6 rings (SSSR count). The maximum absolute atomic E-state index is 14.8. The Balaban J connectivity index is 1.58. The molecule has 0 bridgehead atoms. The van der Waals surface area contributed by atoms with Crippen LogP contribution < -0.4 is 19.8 Å².